The molecular weight excluding hydrogens is 250 g/mol. The Morgan fingerprint density at radius 1 is 1.10 bits per heavy atom. The molecule has 0 aromatic heterocycles. The van der Waals surface area contributed by atoms with Gasteiger partial charge in [-0.3, -0.25) is 4.79 Å². The van der Waals surface area contributed by atoms with Gasteiger partial charge < -0.3 is 10.1 Å². The highest BCUT2D eigenvalue weighted by atomic mass is 16.5. The van der Waals surface area contributed by atoms with E-state index in [1.165, 1.54) is 24.8 Å². The molecular formula is C17H27NO2. The van der Waals surface area contributed by atoms with E-state index in [1.54, 1.807) is 0 Å². The van der Waals surface area contributed by atoms with Crippen LogP contribution in [-0.2, 0) is 11.2 Å². The highest BCUT2D eigenvalue weighted by Crippen LogP contribution is 2.12. The van der Waals surface area contributed by atoms with Crippen LogP contribution in [0.3, 0.4) is 0 Å². The van der Waals surface area contributed by atoms with Crippen molar-refractivity contribution in [2.45, 2.75) is 52.4 Å². The summed E-state index contributed by atoms with van der Waals surface area (Å²) >= 11 is 0. The second-order valence-corrected chi connectivity index (χ2v) is 5.01. The maximum absolute atomic E-state index is 11.6. The van der Waals surface area contributed by atoms with Crippen LogP contribution >= 0.6 is 0 Å². The molecule has 0 saturated carbocycles. The lowest BCUT2D eigenvalue weighted by Crippen LogP contribution is -2.25. The normalized spacial score (nSPS) is 10.3. The number of unbranched alkanes of at least 4 members (excludes halogenated alkanes) is 3. The summed E-state index contributed by atoms with van der Waals surface area (Å²) in [5.74, 6) is 0.907. The van der Waals surface area contributed by atoms with E-state index in [9.17, 15) is 4.79 Å². The zero-order valence-electron chi connectivity index (χ0n) is 12.8. The first-order chi connectivity index (χ1) is 9.76. The number of benzene rings is 1. The lowest BCUT2D eigenvalue weighted by atomic mass is 10.2. The van der Waals surface area contributed by atoms with Crippen LogP contribution in [0.25, 0.3) is 0 Å². The van der Waals surface area contributed by atoms with E-state index in [0.717, 1.165) is 25.1 Å². The molecule has 0 aliphatic rings. The Hall–Kier alpha value is -1.51. The van der Waals surface area contributed by atoms with Crippen molar-refractivity contribution in [3.05, 3.63) is 29.8 Å². The molecule has 1 N–H and O–H groups in total. The first kappa shape index (κ1) is 16.5. The summed E-state index contributed by atoms with van der Waals surface area (Å²) in [6.07, 6.45) is 6.17. The van der Waals surface area contributed by atoms with E-state index < -0.39 is 0 Å². The second-order valence-electron chi connectivity index (χ2n) is 5.01. The molecule has 0 bridgehead atoms. The van der Waals surface area contributed by atoms with E-state index in [4.69, 9.17) is 4.74 Å². The van der Waals surface area contributed by atoms with E-state index in [1.807, 2.05) is 12.1 Å². The molecule has 0 aliphatic carbocycles. The van der Waals surface area contributed by atoms with Crippen LogP contribution in [0.2, 0.25) is 0 Å². The van der Waals surface area contributed by atoms with Gasteiger partial charge in [0.1, 0.15) is 5.75 Å². The first-order valence-electron chi connectivity index (χ1n) is 7.74. The zero-order chi connectivity index (χ0) is 14.6. The summed E-state index contributed by atoms with van der Waals surface area (Å²) in [5, 5.41) is 2.93. The molecule has 0 saturated heterocycles. The van der Waals surface area contributed by atoms with Crippen molar-refractivity contribution in [3.63, 3.8) is 0 Å². The Labute approximate surface area is 122 Å². The third-order valence-corrected chi connectivity index (χ3v) is 3.28. The molecule has 0 radical (unpaired) electrons. The van der Waals surface area contributed by atoms with Gasteiger partial charge in [-0.25, -0.2) is 0 Å². The van der Waals surface area contributed by atoms with Gasteiger partial charge in [-0.2, -0.15) is 0 Å². The fourth-order valence-electron chi connectivity index (χ4n) is 1.95. The monoisotopic (exact) mass is 277 g/mol. The zero-order valence-corrected chi connectivity index (χ0v) is 12.8. The van der Waals surface area contributed by atoms with Gasteiger partial charge in [0.2, 0.25) is 5.91 Å². The average molecular weight is 277 g/mol. The van der Waals surface area contributed by atoms with E-state index >= 15 is 0 Å². The Bertz CT molecular complexity index is 373. The highest BCUT2D eigenvalue weighted by Gasteiger charge is 2.01. The SMILES string of the molecule is CCCCCCNC(=O)CCOc1ccc(CC)cc1. The van der Waals surface area contributed by atoms with Crippen LogP contribution in [0.5, 0.6) is 5.75 Å². The summed E-state index contributed by atoms with van der Waals surface area (Å²) in [5.41, 5.74) is 1.29. The van der Waals surface area contributed by atoms with Crippen LogP contribution in [0.4, 0.5) is 0 Å². The molecule has 3 heteroatoms. The maximum atomic E-state index is 11.6. The van der Waals surface area contributed by atoms with Crippen LogP contribution in [0.1, 0.15) is 51.5 Å². The molecule has 3 nitrogen and oxygen atoms in total. The first-order valence-corrected chi connectivity index (χ1v) is 7.74. The number of hydrogen-bond acceptors (Lipinski definition) is 2. The molecule has 0 unspecified atom stereocenters. The van der Waals surface area contributed by atoms with Crippen molar-refractivity contribution in [1.82, 2.24) is 5.32 Å². The number of hydrogen-bond donors (Lipinski definition) is 1. The van der Waals surface area contributed by atoms with Crippen LogP contribution in [-0.4, -0.2) is 19.1 Å². The fraction of sp³-hybridized carbons (Fsp3) is 0.588. The standard InChI is InChI=1S/C17H27NO2/c1-3-5-6-7-13-18-17(19)12-14-20-16-10-8-15(4-2)9-11-16/h8-11H,3-7,12-14H2,1-2H3,(H,18,19). The maximum Gasteiger partial charge on any atom is 0.223 e. The second kappa shape index (κ2) is 10.3. The molecule has 0 atom stereocenters. The minimum Gasteiger partial charge on any atom is -0.493 e. The quantitative estimate of drug-likeness (QED) is 0.662. The summed E-state index contributed by atoms with van der Waals surface area (Å²) in [4.78, 5) is 11.6. The van der Waals surface area contributed by atoms with E-state index in [0.29, 0.717) is 13.0 Å². The molecule has 112 valence electrons. The van der Waals surface area contributed by atoms with Gasteiger partial charge in [-0.05, 0) is 30.5 Å². The van der Waals surface area contributed by atoms with Crippen molar-refractivity contribution in [2.75, 3.05) is 13.2 Å². The number of carbonyl (C=O) groups is 1. The van der Waals surface area contributed by atoms with Gasteiger partial charge in [0.15, 0.2) is 0 Å². The highest BCUT2D eigenvalue weighted by molar-refractivity contribution is 5.75. The molecule has 1 rings (SSSR count). The lowest BCUT2D eigenvalue weighted by molar-refractivity contribution is -0.121. The largest absolute Gasteiger partial charge is 0.493 e. The average Bonchev–Trinajstić information content (AvgIpc) is 2.48. The van der Waals surface area contributed by atoms with Crippen LogP contribution in [0.15, 0.2) is 24.3 Å². The Balaban J connectivity index is 2.08. The van der Waals surface area contributed by atoms with Crippen molar-refractivity contribution < 1.29 is 9.53 Å². The van der Waals surface area contributed by atoms with Gasteiger partial charge >= 0.3 is 0 Å². The predicted octanol–water partition coefficient (Wildman–Crippen LogP) is 3.71. The number of carbonyl (C=O) groups excluding carboxylic acids is 1. The summed E-state index contributed by atoms with van der Waals surface area (Å²) in [6, 6.07) is 8.04. The number of nitrogens with one attached hydrogen (secondary N) is 1. The predicted molar refractivity (Wildman–Crippen MR) is 83.1 cm³/mol. The third kappa shape index (κ3) is 7.17. The number of aryl methyl sites for hydroxylation is 1. The number of rotatable bonds is 10. The Kier molecular flexibility index (Phi) is 8.52. The summed E-state index contributed by atoms with van der Waals surface area (Å²) < 4.78 is 5.56. The molecule has 1 aromatic rings. The van der Waals surface area contributed by atoms with Gasteiger partial charge in [-0.15, -0.1) is 0 Å². The Morgan fingerprint density at radius 3 is 2.50 bits per heavy atom. The minimum atomic E-state index is 0.0756. The fourth-order valence-corrected chi connectivity index (χ4v) is 1.95. The third-order valence-electron chi connectivity index (χ3n) is 3.28. The van der Waals surface area contributed by atoms with E-state index in [-0.39, 0.29) is 5.91 Å². The van der Waals surface area contributed by atoms with Crippen molar-refractivity contribution >= 4 is 5.91 Å². The van der Waals surface area contributed by atoms with Gasteiger partial charge in [-0.1, -0.05) is 45.2 Å². The van der Waals surface area contributed by atoms with E-state index in [2.05, 4.69) is 31.3 Å². The topological polar surface area (TPSA) is 38.3 Å². The van der Waals surface area contributed by atoms with Crippen LogP contribution in [0, 0.1) is 0 Å². The molecule has 0 fully saturated rings. The summed E-state index contributed by atoms with van der Waals surface area (Å²) in [7, 11) is 0. The minimum absolute atomic E-state index is 0.0756. The van der Waals surface area contributed by atoms with Crippen LogP contribution < -0.4 is 10.1 Å². The lowest BCUT2D eigenvalue weighted by Gasteiger charge is -2.07. The van der Waals surface area contributed by atoms with Gasteiger partial charge in [0.25, 0.3) is 0 Å². The van der Waals surface area contributed by atoms with Crippen molar-refractivity contribution in [3.8, 4) is 5.75 Å². The van der Waals surface area contributed by atoms with Gasteiger partial charge in [0.05, 0.1) is 13.0 Å². The molecule has 20 heavy (non-hydrogen) atoms. The smallest absolute Gasteiger partial charge is 0.223 e. The summed E-state index contributed by atoms with van der Waals surface area (Å²) in [6.45, 7) is 5.53. The van der Waals surface area contributed by atoms with Crippen molar-refractivity contribution in [2.24, 2.45) is 0 Å². The molecule has 1 aromatic carbocycles. The number of ether oxygens (including phenoxy) is 1. The Morgan fingerprint density at radius 2 is 1.85 bits per heavy atom. The molecule has 0 spiro atoms. The molecule has 0 aliphatic heterocycles. The van der Waals surface area contributed by atoms with Crippen molar-refractivity contribution in [1.29, 1.82) is 0 Å². The number of amides is 1. The molecule has 0 heterocycles. The van der Waals surface area contributed by atoms with Gasteiger partial charge in [0, 0.05) is 6.54 Å². The molecule has 1 amide bonds.